The van der Waals surface area contributed by atoms with Gasteiger partial charge in [0.05, 0.1) is 4.90 Å². The highest BCUT2D eigenvalue weighted by Crippen LogP contribution is 2.13. The standard InChI is InChI=1S/C14H23NO3S/c1-12(2)11-18-10-6-9-15-19(16,17)14-8-5-4-7-13(14)3/h4-5,7-8,12,15H,6,9-11H2,1-3H3. The summed E-state index contributed by atoms with van der Waals surface area (Å²) in [5, 5.41) is 0. The van der Waals surface area contributed by atoms with Gasteiger partial charge in [-0.05, 0) is 30.9 Å². The van der Waals surface area contributed by atoms with E-state index in [1.165, 1.54) is 0 Å². The van der Waals surface area contributed by atoms with Crippen molar-refractivity contribution in [3.63, 3.8) is 0 Å². The van der Waals surface area contributed by atoms with Crippen LogP contribution in [0.25, 0.3) is 0 Å². The molecule has 19 heavy (non-hydrogen) atoms. The van der Waals surface area contributed by atoms with E-state index in [0.29, 0.717) is 37.0 Å². The van der Waals surface area contributed by atoms with E-state index in [4.69, 9.17) is 4.74 Å². The molecule has 0 aliphatic rings. The van der Waals surface area contributed by atoms with E-state index in [2.05, 4.69) is 18.6 Å². The van der Waals surface area contributed by atoms with Crippen molar-refractivity contribution < 1.29 is 13.2 Å². The van der Waals surface area contributed by atoms with Crippen LogP contribution in [0.4, 0.5) is 0 Å². The van der Waals surface area contributed by atoms with Crippen molar-refractivity contribution >= 4 is 10.0 Å². The van der Waals surface area contributed by atoms with Gasteiger partial charge in [-0.1, -0.05) is 32.0 Å². The average Bonchev–Trinajstić information content (AvgIpc) is 2.33. The normalized spacial score (nSPS) is 12.0. The summed E-state index contributed by atoms with van der Waals surface area (Å²) in [6.07, 6.45) is 0.678. The molecule has 1 rings (SSSR count). The number of benzene rings is 1. The summed E-state index contributed by atoms with van der Waals surface area (Å²) in [6, 6.07) is 6.97. The lowest BCUT2D eigenvalue weighted by Gasteiger charge is -2.10. The molecule has 5 heteroatoms. The molecule has 1 aromatic carbocycles. The van der Waals surface area contributed by atoms with Gasteiger partial charge >= 0.3 is 0 Å². The van der Waals surface area contributed by atoms with E-state index >= 15 is 0 Å². The van der Waals surface area contributed by atoms with Gasteiger partial charge in [-0.3, -0.25) is 0 Å². The predicted molar refractivity (Wildman–Crippen MR) is 76.6 cm³/mol. The van der Waals surface area contributed by atoms with E-state index in [1.807, 2.05) is 6.07 Å². The number of sulfonamides is 1. The fraction of sp³-hybridized carbons (Fsp3) is 0.571. The molecule has 0 aromatic heterocycles. The molecule has 0 saturated heterocycles. The molecule has 0 aliphatic heterocycles. The summed E-state index contributed by atoms with van der Waals surface area (Å²) in [5.41, 5.74) is 0.756. The lowest BCUT2D eigenvalue weighted by Crippen LogP contribution is -2.26. The highest BCUT2D eigenvalue weighted by atomic mass is 32.2. The Labute approximate surface area is 116 Å². The van der Waals surface area contributed by atoms with Gasteiger partial charge in [-0.2, -0.15) is 0 Å². The van der Waals surface area contributed by atoms with Crippen LogP contribution in [0.2, 0.25) is 0 Å². The Hall–Kier alpha value is -0.910. The molecule has 0 heterocycles. The molecule has 0 aliphatic carbocycles. The van der Waals surface area contributed by atoms with Crippen LogP contribution in [0.5, 0.6) is 0 Å². The highest BCUT2D eigenvalue weighted by molar-refractivity contribution is 7.89. The van der Waals surface area contributed by atoms with Gasteiger partial charge in [-0.15, -0.1) is 0 Å². The van der Waals surface area contributed by atoms with E-state index in [-0.39, 0.29) is 0 Å². The Balaban J connectivity index is 2.38. The van der Waals surface area contributed by atoms with Gasteiger partial charge < -0.3 is 4.74 Å². The second-order valence-corrected chi connectivity index (χ2v) is 6.72. The molecule has 0 spiro atoms. The zero-order chi connectivity index (χ0) is 14.3. The Morgan fingerprint density at radius 2 is 1.95 bits per heavy atom. The third-order valence-electron chi connectivity index (χ3n) is 2.59. The summed E-state index contributed by atoms with van der Waals surface area (Å²) < 4.78 is 32.1. The first kappa shape index (κ1) is 16.1. The van der Waals surface area contributed by atoms with E-state index < -0.39 is 10.0 Å². The maximum absolute atomic E-state index is 12.0. The average molecular weight is 285 g/mol. The van der Waals surface area contributed by atoms with Crippen molar-refractivity contribution in [2.75, 3.05) is 19.8 Å². The van der Waals surface area contributed by atoms with Crippen molar-refractivity contribution in [1.29, 1.82) is 0 Å². The van der Waals surface area contributed by atoms with Crippen molar-refractivity contribution in [3.05, 3.63) is 29.8 Å². The Morgan fingerprint density at radius 1 is 1.26 bits per heavy atom. The van der Waals surface area contributed by atoms with Crippen molar-refractivity contribution in [3.8, 4) is 0 Å². The Morgan fingerprint density at radius 3 is 2.58 bits per heavy atom. The highest BCUT2D eigenvalue weighted by Gasteiger charge is 2.14. The molecule has 0 fully saturated rings. The minimum atomic E-state index is -3.40. The molecule has 108 valence electrons. The predicted octanol–water partition coefficient (Wildman–Crippen LogP) is 2.34. The number of hydrogen-bond acceptors (Lipinski definition) is 3. The van der Waals surface area contributed by atoms with Gasteiger partial charge in [0.25, 0.3) is 0 Å². The van der Waals surface area contributed by atoms with Gasteiger partial charge in [0, 0.05) is 19.8 Å². The van der Waals surface area contributed by atoms with Gasteiger partial charge in [0.1, 0.15) is 0 Å². The van der Waals surface area contributed by atoms with Crippen LogP contribution in [-0.2, 0) is 14.8 Å². The summed E-state index contributed by atoms with van der Waals surface area (Å²) >= 11 is 0. The van der Waals surface area contributed by atoms with E-state index in [1.54, 1.807) is 25.1 Å². The molecular weight excluding hydrogens is 262 g/mol. The first-order valence-corrected chi connectivity index (χ1v) is 8.05. The smallest absolute Gasteiger partial charge is 0.240 e. The molecule has 0 bridgehead atoms. The molecule has 1 aromatic rings. The molecule has 0 amide bonds. The zero-order valence-corrected chi connectivity index (χ0v) is 12.7. The molecule has 1 N–H and O–H groups in total. The van der Waals surface area contributed by atoms with Gasteiger partial charge in [0.15, 0.2) is 0 Å². The topological polar surface area (TPSA) is 55.4 Å². The van der Waals surface area contributed by atoms with Gasteiger partial charge in [-0.25, -0.2) is 13.1 Å². The largest absolute Gasteiger partial charge is 0.381 e. The maximum atomic E-state index is 12.0. The lowest BCUT2D eigenvalue weighted by molar-refractivity contribution is 0.108. The molecule has 4 nitrogen and oxygen atoms in total. The van der Waals surface area contributed by atoms with Crippen LogP contribution in [0.3, 0.4) is 0 Å². The molecule has 0 radical (unpaired) electrons. The second kappa shape index (κ2) is 7.62. The first-order valence-electron chi connectivity index (χ1n) is 6.56. The van der Waals surface area contributed by atoms with Gasteiger partial charge in [0.2, 0.25) is 10.0 Å². The van der Waals surface area contributed by atoms with Crippen molar-refractivity contribution in [2.45, 2.75) is 32.1 Å². The monoisotopic (exact) mass is 285 g/mol. The quantitative estimate of drug-likeness (QED) is 0.746. The number of aryl methyl sites for hydroxylation is 1. The van der Waals surface area contributed by atoms with Crippen LogP contribution in [0, 0.1) is 12.8 Å². The summed E-state index contributed by atoms with van der Waals surface area (Å²) in [5.74, 6) is 0.503. The number of rotatable bonds is 8. The van der Waals surface area contributed by atoms with Crippen LogP contribution in [0.15, 0.2) is 29.2 Å². The summed E-state index contributed by atoms with van der Waals surface area (Å²) in [7, 11) is -3.40. The number of hydrogen-bond donors (Lipinski definition) is 1. The lowest BCUT2D eigenvalue weighted by atomic mass is 10.2. The van der Waals surface area contributed by atoms with Crippen LogP contribution in [0.1, 0.15) is 25.8 Å². The SMILES string of the molecule is Cc1ccccc1S(=O)(=O)NCCCOCC(C)C. The molecule has 0 saturated carbocycles. The molecule has 0 unspecified atom stereocenters. The molecule has 0 atom stereocenters. The minimum Gasteiger partial charge on any atom is -0.381 e. The maximum Gasteiger partial charge on any atom is 0.240 e. The van der Waals surface area contributed by atoms with Crippen molar-refractivity contribution in [2.24, 2.45) is 5.92 Å². The zero-order valence-electron chi connectivity index (χ0n) is 11.8. The molecular formula is C14H23NO3S. The number of ether oxygens (including phenoxy) is 1. The fourth-order valence-corrected chi connectivity index (χ4v) is 2.95. The third-order valence-corrected chi connectivity index (χ3v) is 4.21. The number of nitrogens with one attached hydrogen (secondary N) is 1. The fourth-order valence-electron chi connectivity index (χ4n) is 1.64. The Kier molecular flexibility index (Phi) is 6.48. The minimum absolute atomic E-state index is 0.345. The second-order valence-electron chi connectivity index (χ2n) is 4.99. The summed E-state index contributed by atoms with van der Waals surface area (Å²) in [4.78, 5) is 0.345. The van der Waals surface area contributed by atoms with Crippen LogP contribution >= 0.6 is 0 Å². The van der Waals surface area contributed by atoms with E-state index in [9.17, 15) is 8.42 Å². The summed E-state index contributed by atoms with van der Waals surface area (Å²) in [6.45, 7) is 7.65. The van der Waals surface area contributed by atoms with E-state index in [0.717, 1.165) is 5.56 Å². The third kappa shape index (κ3) is 5.72. The van der Waals surface area contributed by atoms with Crippen molar-refractivity contribution in [1.82, 2.24) is 4.72 Å². The Bertz CT molecular complexity index is 483. The van der Waals surface area contributed by atoms with Crippen LogP contribution < -0.4 is 4.72 Å². The first-order chi connectivity index (χ1) is 8.93. The van der Waals surface area contributed by atoms with Crippen LogP contribution in [-0.4, -0.2) is 28.2 Å².